The third-order valence-corrected chi connectivity index (χ3v) is 4.76. The van der Waals surface area contributed by atoms with Crippen molar-refractivity contribution in [2.75, 3.05) is 12.8 Å². The van der Waals surface area contributed by atoms with Gasteiger partial charge in [-0.15, -0.1) is 0 Å². The van der Waals surface area contributed by atoms with Gasteiger partial charge in [0.2, 0.25) is 0 Å². The molecule has 2 amide bonds. The Morgan fingerprint density at radius 3 is 2.66 bits per heavy atom. The van der Waals surface area contributed by atoms with E-state index < -0.39 is 5.91 Å². The van der Waals surface area contributed by atoms with Gasteiger partial charge in [0.05, 0.1) is 11.9 Å². The number of benzene rings is 2. The largest absolute Gasteiger partial charge is 0.382 e. The molecule has 29 heavy (non-hydrogen) atoms. The Balaban J connectivity index is 1.79. The van der Waals surface area contributed by atoms with Crippen molar-refractivity contribution in [1.82, 2.24) is 20.6 Å². The Bertz CT molecular complexity index is 1080. The van der Waals surface area contributed by atoms with Crippen LogP contribution in [0.2, 0.25) is 5.02 Å². The molecule has 3 aromatic rings. The summed E-state index contributed by atoms with van der Waals surface area (Å²) in [6.45, 7) is 2.28. The Labute approximate surface area is 173 Å². The van der Waals surface area contributed by atoms with Crippen LogP contribution in [0, 0.1) is 6.92 Å². The molecule has 2 aromatic carbocycles. The topological polar surface area (TPSA) is 110 Å². The van der Waals surface area contributed by atoms with Gasteiger partial charge in [-0.2, -0.15) is 0 Å². The standard InChI is InChI=1S/C21H20ClN5O2/c1-12-6-7-13(8-16(12)22)10-26-20(28)15-5-3-4-14(9-15)17-11-25-19(23)18(27-17)21(29)24-2/h3-9,11H,10H2,1-2H3,(H2,23,25)(H,24,29)(H,26,28). The summed E-state index contributed by atoms with van der Waals surface area (Å²) in [7, 11) is 1.49. The van der Waals surface area contributed by atoms with E-state index in [1.165, 1.54) is 13.2 Å². The smallest absolute Gasteiger partial charge is 0.273 e. The van der Waals surface area contributed by atoms with Crippen molar-refractivity contribution in [3.05, 3.63) is 76.1 Å². The SMILES string of the molecule is CNC(=O)c1nc(-c2cccc(C(=O)NCc3ccc(C)c(Cl)c3)c2)cnc1N. The molecule has 3 rings (SSSR count). The van der Waals surface area contributed by atoms with Gasteiger partial charge < -0.3 is 16.4 Å². The second-order valence-electron chi connectivity index (χ2n) is 6.42. The summed E-state index contributed by atoms with van der Waals surface area (Å²) in [5.41, 5.74) is 9.20. The summed E-state index contributed by atoms with van der Waals surface area (Å²) in [6.07, 6.45) is 1.47. The molecule has 4 N–H and O–H groups in total. The molecular formula is C21H20ClN5O2. The highest BCUT2D eigenvalue weighted by molar-refractivity contribution is 6.31. The van der Waals surface area contributed by atoms with Crippen LogP contribution in [-0.4, -0.2) is 28.8 Å². The molecule has 1 heterocycles. The molecule has 1 aromatic heterocycles. The van der Waals surface area contributed by atoms with Crippen molar-refractivity contribution in [1.29, 1.82) is 0 Å². The second kappa shape index (κ2) is 8.70. The zero-order chi connectivity index (χ0) is 21.0. The van der Waals surface area contributed by atoms with Gasteiger partial charge in [0.15, 0.2) is 11.5 Å². The Kier molecular flexibility index (Phi) is 6.09. The van der Waals surface area contributed by atoms with E-state index in [1.54, 1.807) is 24.3 Å². The van der Waals surface area contributed by atoms with Crippen molar-refractivity contribution < 1.29 is 9.59 Å². The Morgan fingerprint density at radius 1 is 1.14 bits per heavy atom. The molecule has 8 heteroatoms. The lowest BCUT2D eigenvalue weighted by Crippen LogP contribution is -2.23. The van der Waals surface area contributed by atoms with Crippen LogP contribution in [0.25, 0.3) is 11.3 Å². The van der Waals surface area contributed by atoms with Gasteiger partial charge in [0.25, 0.3) is 11.8 Å². The molecule has 7 nitrogen and oxygen atoms in total. The lowest BCUT2D eigenvalue weighted by molar-refractivity contribution is 0.0945. The van der Waals surface area contributed by atoms with Crippen molar-refractivity contribution in [3.63, 3.8) is 0 Å². The van der Waals surface area contributed by atoms with Gasteiger partial charge in [-0.05, 0) is 36.2 Å². The number of amides is 2. The van der Waals surface area contributed by atoms with E-state index in [0.717, 1.165) is 11.1 Å². The highest BCUT2D eigenvalue weighted by Gasteiger charge is 2.14. The number of anilines is 1. The number of hydrogen-bond acceptors (Lipinski definition) is 5. The maximum atomic E-state index is 12.6. The molecule has 148 valence electrons. The second-order valence-corrected chi connectivity index (χ2v) is 6.82. The molecule has 0 saturated carbocycles. The fourth-order valence-electron chi connectivity index (χ4n) is 2.67. The predicted octanol–water partition coefficient (Wildman–Crippen LogP) is 2.98. The maximum absolute atomic E-state index is 12.6. The number of rotatable bonds is 5. The summed E-state index contributed by atoms with van der Waals surface area (Å²) < 4.78 is 0. The van der Waals surface area contributed by atoms with E-state index >= 15 is 0 Å². The minimum atomic E-state index is -0.428. The molecule has 0 aliphatic heterocycles. The molecular weight excluding hydrogens is 390 g/mol. The van der Waals surface area contributed by atoms with Crippen molar-refractivity contribution in [2.45, 2.75) is 13.5 Å². The lowest BCUT2D eigenvalue weighted by Gasteiger charge is -2.09. The van der Waals surface area contributed by atoms with Gasteiger partial charge in [-0.25, -0.2) is 9.97 Å². The molecule has 0 unspecified atom stereocenters. The van der Waals surface area contributed by atoms with Gasteiger partial charge >= 0.3 is 0 Å². The molecule has 0 saturated heterocycles. The van der Waals surface area contributed by atoms with Gasteiger partial charge in [-0.3, -0.25) is 9.59 Å². The molecule has 0 aliphatic rings. The van der Waals surface area contributed by atoms with E-state index in [4.69, 9.17) is 17.3 Å². The number of nitrogens with two attached hydrogens (primary N) is 1. The number of aromatic nitrogens is 2. The predicted molar refractivity (Wildman–Crippen MR) is 113 cm³/mol. The fraction of sp³-hybridized carbons (Fsp3) is 0.143. The van der Waals surface area contributed by atoms with Crippen LogP contribution in [0.3, 0.4) is 0 Å². The Morgan fingerprint density at radius 2 is 1.93 bits per heavy atom. The first-order chi connectivity index (χ1) is 13.9. The van der Waals surface area contributed by atoms with Crippen LogP contribution < -0.4 is 16.4 Å². The highest BCUT2D eigenvalue weighted by atomic mass is 35.5. The Hall–Kier alpha value is -3.45. The first-order valence-electron chi connectivity index (χ1n) is 8.87. The molecule has 0 radical (unpaired) electrons. The van der Waals surface area contributed by atoms with Crippen molar-refractivity contribution in [3.8, 4) is 11.3 Å². The molecule has 0 fully saturated rings. The molecule has 0 aliphatic carbocycles. The third-order valence-electron chi connectivity index (χ3n) is 4.35. The number of hydrogen-bond donors (Lipinski definition) is 3. The van der Waals surface area contributed by atoms with Crippen molar-refractivity contribution in [2.24, 2.45) is 0 Å². The van der Waals surface area contributed by atoms with Gasteiger partial charge in [0.1, 0.15) is 0 Å². The van der Waals surface area contributed by atoms with Crippen molar-refractivity contribution >= 4 is 29.2 Å². The van der Waals surface area contributed by atoms with Crippen LogP contribution in [0.1, 0.15) is 32.0 Å². The van der Waals surface area contributed by atoms with E-state index in [0.29, 0.717) is 28.4 Å². The minimum absolute atomic E-state index is 0.0381. The summed E-state index contributed by atoms with van der Waals surface area (Å²) >= 11 is 6.13. The normalized spacial score (nSPS) is 10.4. The number of aryl methyl sites for hydroxylation is 1. The van der Waals surface area contributed by atoms with E-state index in [1.807, 2.05) is 25.1 Å². The molecule has 0 atom stereocenters. The number of nitrogens with zero attached hydrogens (tertiary/aromatic N) is 2. The third kappa shape index (κ3) is 4.70. The summed E-state index contributed by atoms with van der Waals surface area (Å²) in [5.74, 6) is -0.625. The summed E-state index contributed by atoms with van der Waals surface area (Å²) in [5, 5.41) is 6.01. The van der Waals surface area contributed by atoms with Crippen LogP contribution in [-0.2, 0) is 6.54 Å². The number of halogens is 1. The van der Waals surface area contributed by atoms with E-state index in [9.17, 15) is 9.59 Å². The highest BCUT2D eigenvalue weighted by Crippen LogP contribution is 2.20. The zero-order valence-electron chi connectivity index (χ0n) is 16.0. The summed E-state index contributed by atoms with van der Waals surface area (Å²) in [6, 6.07) is 12.6. The van der Waals surface area contributed by atoms with Crippen LogP contribution in [0.4, 0.5) is 5.82 Å². The fourth-order valence-corrected chi connectivity index (χ4v) is 2.88. The zero-order valence-corrected chi connectivity index (χ0v) is 16.7. The van der Waals surface area contributed by atoms with Gasteiger partial charge in [-0.1, -0.05) is 35.9 Å². The number of nitrogens with one attached hydrogen (secondary N) is 2. The first kappa shape index (κ1) is 20.3. The molecule has 0 bridgehead atoms. The van der Waals surface area contributed by atoms with E-state index in [2.05, 4.69) is 20.6 Å². The minimum Gasteiger partial charge on any atom is -0.382 e. The first-order valence-corrected chi connectivity index (χ1v) is 9.25. The maximum Gasteiger partial charge on any atom is 0.273 e. The molecule has 0 spiro atoms. The van der Waals surface area contributed by atoms with Crippen LogP contribution in [0.15, 0.2) is 48.7 Å². The number of nitrogen functional groups attached to an aromatic ring is 1. The average molecular weight is 410 g/mol. The summed E-state index contributed by atoms with van der Waals surface area (Å²) in [4.78, 5) is 32.8. The van der Waals surface area contributed by atoms with E-state index in [-0.39, 0.29) is 17.4 Å². The van der Waals surface area contributed by atoms with Crippen LogP contribution in [0.5, 0.6) is 0 Å². The number of carbonyl (C=O) groups is 2. The quantitative estimate of drug-likeness (QED) is 0.600. The monoisotopic (exact) mass is 409 g/mol. The lowest BCUT2D eigenvalue weighted by atomic mass is 10.1. The average Bonchev–Trinajstić information content (AvgIpc) is 2.74. The number of carbonyl (C=O) groups excluding carboxylic acids is 2. The van der Waals surface area contributed by atoms with Gasteiger partial charge in [0, 0.05) is 29.7 Å². The van der Waals surface area contributed by atoms with Crippen LogP contribution >= 0.6 is 11.6 Å².